The van der Waals surface area contributed by atoms with Crippen LogP contribution in [0.25, 0.3) is 16.8 Å². The van der Waals surface area contributed by atoms with Crippen molar-refractivity contribution >= 4 is 49.9 Å². The van der Waals surface area contributed by atoms with E-state index in [1.165, 1.54) is 23.5 Å². The number of nitrogens with zero attached hydrogens (tertiary/aromatic N) is 1. The predicted molar refractivity (Wildman–Crippen MR) is 94.6 cm³/mol. The Morgan fingerprint density at radius 1 is 1.19 bits per heavy atom. The van der Waals surface area contributed by atoms with Crippen molar-refractivity contribution in [3.8, 4) is 0 Å². The van der Waals surface area contributed by atoms with E-state index in [-0.39, 0.29) is 5.12 Å². The fraction of sp³-hybridized carbons (Fsp3) is 0.0588. The van der Waals surface area contributed by atoms with E-state index in [4.69, 9.17) is 0 Å². The maximum absolute atomic E-state index is 12.0. The largest absolute Gasteiger partial charge is 0.279 e. The van der Waals surface area contributed by atoms with Crippen LogP contribution < -0.4 is 0 Å². The third kappa shape index (κ3) is 3.12. The number of carbonyl (C=O) groups excluding carboxylic acids is 1. The number of hydrogen-bond acceptors (Lipinski definition) is 4. The molecule has 21 heavy (non-hydrogen) atoms. The van der Waals surface area contributed by atoms with Crippen molar-refractivity contribution in [2.75, 3.05) is 5.75 Å². The molecular formula is C17H13NOS2. The average Bonchev–Trinajstić information content (AvgIpc) is 2.86. The highest BCUT2D eigenvalue weighted by Crippen LogP contribution is 2.32. The maximum atomic E-state index is 12.0. The van der Waals surface area contributed by atoms with E-state index in [0.29, 0.717) is 5.70 Å². The molecule has 0 saturated carbocycles. The summed E-state index contributed by atoms with van der Waals surface area (Å²) >= 11 is 2.74. The van der Waals surface area contributed by atoms with Gasteiger partial charge in [-0.2, -0.15) is 0 Å². The molecule has 0 fully saturated rings. The van der Waals surface area contributed by atoms with Gasteiger partial charge in [-0.15, -0.1) is 6.58 Å². The predicted octanol–water partition coefficient (Wildman–Crippen LogP) is 4.73. The lowest BCUT2D eigenvalue weighted by Crippen LogP contribution is -1.88. The van der Waals surface area contributed by atoms with Crippen molar-refractivity contribution in [3.63, 3.8) is 0 Å². The van der Waals surface area contributed by atoms with E-state index in [9.17, 15) is 4.79 Å². The van der Waals surface area contributed by atoms with Crippen molar-refractivity contribution < 1.29 is 4.79 Å². The molecule has 1 heterocycles. The Morgan fingerprint density at radius 3 is 2.86 bits per heavy atom. The van der Waals surface area contributed by atoms with Gasteiger partial charge in [0.1, 0.15) is 10.1 Å². The molecule has 1 aliphatic rings. The van der Waals surface area contributed by atoms with Crippen LogP contribution in [0.4, 0.5) is 0 Å². The number of rotatable bonds is 3. The Bertz CT molecular complexity index is 772. The first-order chi connectivity index (χ1) is 10.3. The summed E-state index contributed by atoms with van der Waals surface area (Å²) in [6.45, 7) is 3.68. The first-order valence-corrected chi connectivity index (χ1v) is 8.32. The Hall–Kier alpha value is -1.78. The minimum absolute atomic E-state index is 0.00879. The van der Waals surface area contributed by atoms with Crippen LogP contribution in [0.5, 0.6) is 0 Å². The normalized spacial score (nSPS) is 16.5. The number of benzene rings is 2. The second-order valence-corrected chi connectivity index (χ2v) is 6.69. The summed E-state index contributed by atoms with van der Waals surface area (Å²) in [7, 11) is 0. The molecule has 0 amide bonds. The van der Waals surface area contributed by atoms with E-state index in [0.717, 1.165) is 26.5 Å². The van der Waals surface area contributed by atoms with Crippen molar-refractivity contribution in [1.29, 1.82) is 0 Å². The molecule has 0 aliphatic carbocycles. The fourth-order valence-corrected chi connectivity index (χ4v) is 3.71. The van der Waals surface area contributed by atoms with Gasteiger partial charge >= 0.3 is 0 Å². The van der Waals surface area contributed by atoms with Gasteiger partial charge in [0, 0.05) is 5.75 Å². The number of carbonyl (C=O) groups is 1. The van der Waals surface area contributed by atoms with Gasteiger partial charge < -0.3 is 0 Å². The molecule has 0 bridgehead atoms. The van der Waals surface area contributed by atoms with E-state index >= 15 is 0 Å². The van der Waals surface area contributed by atoms with Gasteiger partial charge in [-0.05, 0) is 34.2 Å². The molecule has 0 saturated heterocycles. The van der Waals surface area contributed by atoms with Gasteiger partial charge in [0.2, 0.25) is 5.12 Å². The van der Waals surface area contributed by atoms with Crippen molar-refractivity contribution in [2.24, 2.45) is 4.99 Å². The van der Waals surface area contributed by atoms with Crippen LogP contribution >= 0.6 is 23.5 Å². The van der Waals surface area contributed by atoms with Gasteiger partial charge in [0.25, 0.3) is 0 Å². The quantitative estimate of drug-likeness (QED) is 0.606. The van der Waals surface area contributed by atoms with E-state index in [1.54, 1.807) is 0 Å². The standard InChI is InChI=1S/C17H13NOS2/c1-2-10-20-17-18-15(16(19)21-17)11-13-8-5-7-12-6-3-4-9-14(12)13/h2-9,11H,1,10H2/b15-11-. The molecule has 0 unspecified atom stereocenters. The molecule has 0 radical (unpaired) electrons. The van der Waals surface area contributed by atoms with Crippen LogP contribution in [0.15, 0.2) is 65.8 Å². The lowest BCUT2D eigenvalue weighted by Gasteiger charge is -2.01. The molecule has 0 N–H and O–H groups in total. The lowest BCUT2D eigenvalue weighted by atomic mass is 10.0. The summed E-state index contributed by atoms with van der Waals surface area (Å²) in [5, 5.41) is 2.30. The minimum Gasteiger partial charge on any atom is -0.279 e. The molecule has 2 nitrogen and oxygen atoms in total. The Kier molecular flexibility index (Phi) is 4.27. The molecule has 2 aromatic carbocycles. The third-order valence-electron chi connectivity index (χ3n) is 3.04. The van der Waals surface area contributed by atoms with Crippen LogP contribution in [-0.2, 0) is 4.79 Å². The number of fused-ring (bicyclic) bond motifs is 1. The summed E-state index contributed by atoms with van der Waals surface area (Å²) in [6.07, 6.45) is 3.68. The van der Waals surface area contributed by atoms with Crippen LogP contribution in [0, 0.1) is 0 Å². The number of hydrogen-bond donors (Lipinski definition) is 0. The SMILES string of the molecule is C=CCSC1=N/C(=C\c2cccc3ccccc23)C(=O)S1. The van der Waals surface area contributed by atoms with Gasteiger partial charge in [-0.1, -0.05) is 60.3 Å². The average molecular weight is 311 g/mol. The van der Waals surface area contributed by atoms with E-state index < -0.39 is 0 Å². The van der Waals surface area contributed by atoms with Gasteiger partial charge in [-0.25, -0.2) is 4.99 Å². The topological polar surface area (TPSA) is 29.4 Å². The Morgan fingerprint density at radius 2 is 2.00 bits per heavy atom. The fourth-order valence-electron chi connectivity index (χ4n) is 2.11. The number of thioether (sulfide) groups is 2. The van der Waals surface area contributed by atoms with E-state index in [2.05, 4.69) is 29.8 Å². The van der Waals surface area contributed by atoms with Crippen molar-refractivity contribution in [3.05, 3.63) is 66.4 Å². The van der Waals surface area contributed by atoms with Crippen LogP contribution in [0.1, 0.15) is 5.56 Å². The zero-order valence-corrected chi connectivity index (χ0v) is 12.9. The summed E-state index contributed by atoms with van der Waals surface area (Å²) < 4.78 is 0.798. The molecule has 2 aromatic rings. The highest BCUT2D eigenvalue weighted by Gasteiger charge is 2.22. The lowest BCUT2D eigenvalue weighted by molar-refractivity contribution is -0.107. The second kappa shape index (κ2) is 6.33. The number of aliphatic imine (C=N–C) groups is 1. The summed E-state index contributed by atoms with van der Waals surface area (Å²) in [4.78, 5) is 16.4. The van der Waals surface area contributed by atoms with Gasteiger partial charge in [-0.3, -0.25) is 4.79 Å². The van der Waals surface area contributed by atoms with Crippen molar-refractivity contribution in [1.82, 2.24) is 0 Å². The van der Waals surface area contributed by atoms with Gasteiger partial charge in [0.15, 0.2) is 0 Å². The van der Waals surface area contributed by atoms with E-state index in [1.807, 2.05) is 36.4 Å². The third-order valence-corrected chi connectivity index (χ3v) is 5.05. The smallest absolute Gasteiger partial charge is 0.244 e. The second-order valence-electron chi connectivity index (χ2n) is 4.46. The van der Waals surface area contributed by atoms with Crippen LogP contribution in [-0.4, -0.2) is 15.2 Å². The zero-order valence-electron chi connectivity index (χ0n) is 11.3. The Balaban J connectivity index is 1.98. The molecule has 0 aromatic heterocycles. The molecule has 4 heteroatoms. The summed E-state index contributed by atoms with van der Waals surface area (Å²) in [6, 6.07) is 14.2. The Labute approximate surface area is 132 Å². The summed E-state index contributed by atoms with van der Waals surface area (Å²) in [5.41, 5.74) is 1.54. The van der Waals surface area contributed by atoms with Crippen LogP contribution in [0.2, 0.25) is 0 Å². The van der Waals surface area contributed by atoms with Gasteiger partial charge in [0.05, 0.1) is 0 Å². The molecule has 0 atom stereocenters. The molecule has 104 valence electrons. The van der Waals surface area contributed by atoms with Crippen molar-refractivity contribution in [2.45, 2.75) is 0 Å². The first kappa shape index (κ1) is 14.2. The first-order valence-electron chi connectivity index (χ1n) is 6.52. The molecule has 1 aliphatic heterocycles. The highest BCUT2D eigenvalue weighted by atomic mass is 32.2. The molecule has 0 spiro atoms. The minimum atomic E-state index is 0.00879. The van der Waals surface area contributed by atoms with Crippen LogP contribution in [0.3, 0.4) is 0 Å². The zero-order chi connectivity index (χ0) is 14.7. The molecular weight excluding hydrogens is 298 g/mol. The molecule has 3 rings (SSSR count). The summed E-state index contributed by atoms with van der Waals surface area (Å²) in [5.74, 6) is 0.765. The highest BCUT2D eigenvalue weighted by molar-refractivity contribution is 8.45. The maximum Gasteiger partial charge on any atom is 0.244 e. The monoisotopic (exact) mass is 311 g/mol.